The van der Waals surface area contributed by atoms with Gasteiger partial charge < -0.3 is 0 Å². The number of nitrogens with zero attached hydrogens (tertiary/aromatic N) is 2. The van der Waals surface area contributed by atoms with E-state index in [2.05, 4.69) is 53.3 Å². The van der Waals surface area contributed by atoms with Gasteiger partial charge in [0.2, 0.25) is 0 Å². The monoisotopic (exact) mass is 396 g/mol. The molecule has 1 aliphatic rings. The van der Waals surface area contributed by atoms with Crippen LogP contribution in [0.25, 0.3) is 0 Å². The number of aryl methyl sites for hydroxylation is 1. The zero-order valence-corrected chi connectivity index (χ0v) is 13.9. The van der Waals surface area contributed by atoms with E-state index in [0.717, 1.165) is 33.2 Å². The highest BCUT2D eigenvalue weighted by Crippen LogP contribution is 2.41. The molecule has 2 aromatic heterocycles. The lowest BCUT2D eigenvalue weighted by Crippen LogP contribution is -2.33. The third-order valence-corrected chi connectivity index (χ3v) is 4.78. The maximum absolute atomic E-state index is 5.80. The molecule has 2 atom stereocenters. The Kier molecular flexibility index (Phi) is 4.16. The van der Waals surface area contributed by atoms with Gasteiger partial charge >= 0.3 is 0 Å². The Morgan fingerprint density at radius 3 is 2.95 bits per heavy atom. The van der Waals surface area contributed by atoms with E-state index in [1.807, 2.05) is 18.3 Å². The molecule has 0 saturated heterocycles. The zero-order valence-electron chi connectivity index (χ0n) is 10.7. The number of aromatic nitrogens is 2. The smallest absolute Gasteiger partial charge is 0.0736 e. The third-order valence-electron chi connectivity index (χ3n) is 3.71. The van der Waals surface area contributed by atoms with Crippen molar-refractivity contribution in [2.45, 2.75) is 24.8 Å². The van der Waals surface area contributed by atoms with Crippen LogP contribution < -0.4 is 11.3 Å². The molecule has 3 rings (SSSR count). The predicted octanol–water partition coefficient (Wildman–Crippen LogP) is 3.24. The Morgan fingerprint density at radius 1 is 1.35 bits per heavy atom. The van der Waals surface area contributed by atoms with Crippen molar-refractivity contribution in [1.82, 2.24) is 15.4 Å². The lowest BCUT2D eigenvalue weighted by molar-refractivity contribution is 0.436. The van der Waals surface area contributed by atoms with Crippen molar-refractivity contribution in [1.29, 1.82) is 0 Å². The van der Waals surface area contributed by atoms with Crippen LogP contribution in [0, 0.1) is 0 Å². The molecule has 6 heteroatoms. The van der Waals surface area contributed by atoms with E-state index >= 15 is 0 Å². The van der Waals surface area contributed by atoms with Crippen LogP contribution in [0.5, 0.6) is 0 Å². The molecule has 0 fully saturated rings. The molecule has 0 spiro atoms. The largest absolute Gasteiger partial charge is 0.271 e. The fourth-order valence-corrected chi connectivity index (χ4v) is 4.04. The molecular formula is C14H14Br2N4. The minimum atomic E-state index is -0.0476. The highest BCUT2D eigenvalue weighted by Gasteiger charge is 2.33. The van der Waals surface area contributed by atoms with Crippen LogP contribution in [-0.4, -0.2) is 9.97 Å². The Hall–Kier alpha value is -0.820. The lowest BCUT2D eigenvalue weighted by atomic mass is 9.94. The molecule has 0 bridgehead atoms. The van der Waals surface area contributed by atoms with Crippen LogP contribution in [0.4, 0.5) is 0 Å². The number of hydrogen-bond acceptors (Lipinski definition) is 4. The number of pyridine rings is 2. The number of fused-ring (bicyclic) bond motifs is 1. The summed E-state index contributed by atoms with van der Waals surface area (Å²) in [7, 11) is 0. The highest BCUT2D eigenvalue weighted by molar-refractivity contribution is 9.11. The third kappa shape index (κ3) is 2.53. The van der Waals surface area contributed by atoms with E-state index in [0.29, 0.717) is 0 Å². The molecule has 4 nitrogen and oxygen atoms in total. The molecule has 0 aliphatic heterocycles. The maximum Gasteiger partial charge on any atom is 0.0736 e. The maximum atomic E-state index is 5.80. The van der Waals surface area contributed by atoms with E-state index in [4.69, 9.17) is 5.84 Å². The van der Waals surface area contributed by atoms with E-state index in [-0.39, 0.29) is 12.0 Å². The van der Waals surface area contributed by atoms with Gasteiger partial charge in [0.25, 0.3) is 0 Å². The average Bonchev–Trinajstić information content (AvgIpc) is 2.86. The van der Waals surface area contributed by atoms with Crippen LogP contribution in [0.3, 0.4) is 0 Å². The Bertz CT molecular complexity index is 632. The van der Waals surface area contributed by atoms with Gasteiger partial charge in [0.1, 0.15) is 0 Å². The average molecular weight is 398 g/mol. The molecule has 2 aromatic rings. The van der Waals surface area contributed by atoms with Gasteiger partial charge in [0, 0.05) is 33.0 Å². The molecule has 0 aromatic carbocycles. The van der Waals surface area contributed by atoms with Gasteiger partial charge in [-0.2, -0.15) is 0 Å². The minimum absolute atomic E-state index is 0.0476. The highest BCUT2D eigenvalue weighted by atomic mass is 79.9. The second-order valence-corrected chi connectivity index (χ2v) is 6.63. The van der Waals surface area contributed by atoms with Crippen molar-refractivity contribution in [2.75, 3.05) is 0 Å². The van der Waals surface area contributed by atoms with Crippen LogP contribution in [0.1, 0.15) is 35.3 Å². The van der Waals surface area contributed by atoms with E-state index in [9.17, 15) is 0 Å². The summed E-state index contributed by atoms with van der Waals surface area (Å²) in [6, 6.07) is 6.06. The van der Waals surface area contributed by atoms with E-state index < -0.39 is 0 Å². The minimum Gasteiger partial charge on any atom is -0.271 e. The lowest BCUT2D eigenvalue weighted by Gasteiger charge is -2.23. The fraction of sp³-hybridized carbons (Fsp3) is 0.286. The molecule has 1 aliphatic carbocycles. The first-order valence-corrected chi connectivity index (χ1v) is 8.00. The van der Waals surface area contributed by atoms with Crippen molar-refractivity contribution < 1.29 is 0 Å². The summed E-state index contributed by atoms with van der Waals surface area (Å²) >= 11 is 6.99. The molecule has 2 unspecified atom stereocenters. The normalized spacial score (nSPS) is 18.9. The quantitative estimate of drug-likeness (QED) is 0.616. The molecule has 104 valence electrons. The van der Waals surface area contributed by atoms with Crippen LogP contribution >= 0.6 is 31.9 Å². The molecule has 0 saturated carbocycles. The number of hydrazine groups is 1. The van der Waals surface area contributed by atoms with Crippen LogP contribution in [0.2, 0.25) is 0 Å². The number of halogens is 2. The van der Waals surface area contributed by atoms with Crippen molar-refractivity contribution >= 4 is 31.9 Å². The standard InChI is InChI=1S/C14H14Br2N4/c15-9-6-11(16)14(19-7-9)13(20-17)10-4-3-8-2-1-5-18-12(8)10/h1-2,5-7,10,13,20H,3-4,17H2. The molecule has 0 amide bonds. The van der Waals surface area contributed by atoms with Crippen LogP contribution in [-0.2, 0) is 6.42 Å². The topological polar surface area (TPSA) is 63.8 Å². The SMILES string of the molecule is NNC(c1ncc(Br)cc1Br)C1CCc2cccnc21. The second-order valence-electron chi connectivity index (χ2n) is 4.86. The number of nitrogens with one attached hydrogen (secondary N) is 1. The second kappa shape index (κ2) is 5.89. The predicted molar refractivity (Wildman–Crippen MR) is 85.0 cm³/mol. The van der Waals surface area contributed by atoms with Gasteiger partial charge in [-0.15, -0.1) is 0 Å². The fourth-order valence-electron chi connectivity index (χ4n) is 2.81. The summed E-state index contributed by atoms with van der Waals surface area (Å²) in [6.45, 7) is 0. The first kappa shape index (κ1) is 14.1. The zero-order chi connectivity index (χ0) is 14.1. The van der Waals surface area contributed by atoms with Crippen LogP contribution in [0.15, 0.2) is 39.5 Å². The van der Waals surface area contributed by atoms with E-state index in [1.165, 1.54) is 5.56 Å². The summed E-state index contributed by atoms with van der Waals surface area (Å²) in [5.41, 5.74) is 6.27. The Labute approximate surface area is 134 Å². The van der Waals surface area contributed by atoms with Gasteiger partial charge in [-0.1, -0.05) is 6.07 Å². The van der Waals surface area contributed by atoms with Gasteiger partial charge in [-0.3, -0.25) is 21.2 Å². The van der Waals surface area contributed by atoms with Gasteiger partial charge in [0.05, 0.1) is 11.7 Å². The molecule has 0 radical (unpaired) electrons. The summed E-state index contributed by atoms with van der Waals surface area (Å²) in [6.07, 6.45) is 5.71. The molecular weight excluding hydrogens is 384 g/mol. The number of hydrogen-bond donors (Lipinski definition) is 2. The van der Waals surface area contributed by atoms with Crippen molar-refractivity contribution in [3.05, 3.63) is 56.5 Å². The number of rotatable bonds is 3. The summed E-state index contributed by atoms with van der Waals surface area (Å²) in [4.78, 5) is 9.04. The van der Waals surface area contributed by atoms with E-state index in [1.54, 1.807) is 6.20 Å². The Balaban J connectivity index is 1.99. The van der Waals surface area contributed by atoms with Crippen molar-refractivity contribution in [3.8, 4) is 0 Å². The Morgan fingerprint density at radius 2 is 2.20 bits per heavy atom. The summed E-state index contributed by atoms with van der Waals surface area (Å²) in [5, 5.41) is 0. The molecule has 2 heterocycles. The number of nitrogens with two attached hydrogens (primary N) is 1. The summed E-state index contributed by atoms with van der Waals surface area (Å²) in [5.74, 6) is 6.05. The summed E-state index contributed by atoms with van der Waals surface area (Å²) < 4.78 is 1.88. The van der Waals surface area contributed by atoms with Crippen molar-refractivity contribution in [2.24, 2.45) is 5.84 Å². The van der Waals surface area contributed by atoms with Gasteiger partial charge in [-0.25, -0.2) is 0 Å². The first-order chi connectivity index (χ1) is 9.70. The molecule has 20 heavy (non-hydrogen) atoms. The van der Waals surface area contributed by atoms with Gasteiger partial charge in [0.15, 0.2) is 0 Å². The van der Waals surface area contributed by atoms with Gasteiger partial charge in [-0.05, 0) is 62.4 Å². The molecule has 3 N–H and O–H groups in total. The van der Waals surface area contributed by atoms with Crippen molar-refractivity contribution in [3.63, 3.8) is 0 Å². The first-order valence-electron chi connectivity index (χ1n) is 6.41.